The Kier molecular flexibility index (Phi) is 8.83. The Morgan fingerprint density at radius 1 is 0.861 bits per heavy atom. The summed E-state index contributed by atoms with van der Waals surface area (Å²) >= 11 is 25.2. The smallest absolute Gasteiger partial charge is 0.273 e. The van der Waals surface area contributed by atoms with Gasteiger partial charge in [0.2, 0.25) is 0 Å². The van der Waals surface area contributed by atoms with Crippen molar-refractivity contribution in [2.75, 3.05) is 5.88 Å². The van der Waals surface area contributed by atoms with Crippen LogP contribution >= 0.6 is 66.7 Å². The summed E-state index contributed by atoms with van der Waals surface area (Å²) in [6.45, 7) is 0. The minimum atomic E-state index is -1.19. The van der Waals surface area contributed by atoms with Gasteiger partial charge in [-0.2, -0.15) is 5.01 Å². The minimum Gasteiger partial charge on any atom is -0.292 e. The van der Waals surface area contributed by atoms with Crippen molar-refractivity contribution in [1.29, 1.82) is 0 Å². The van der Waals surface area contributed by atoms with Crippen molar-refractivity contribution in [2.45, 2.75) is 35.0 Å². The van der Waals surface area contributed by atoms with Gasteiger partial charge in [-0.15, -0.1) is 11.6 Å². The normalized spacial score (nSPS) is 24.4. The zero-order valence-electron chi connectivity index (χ0n) is 18.8. The highest BCUT2D eigenvalue weighted by Crippen LogP contribution is 2.44. The number of hydrazine groups is 1. The maximum atomic E-state index is 13.9. The highest BCUT2D eigenvalue weighted by atomic mass is 79.9. The number of hydrogen-bond acceptors (Lipinski definition) is 4. The molecule has 0 aromatic heterocycles. The molecule has 1 aliphatic heterocycles. The molecule has 1 saturated carbocycles. The third-order valence-corrected chi connectivity index (χ3v) is 9.97. The Labute approximate surface area is 240 Å². The number of carbonyl (C=O) groups is 4. The van der Waals surface area contributed by atoms with Crippen molar-refractivity contribution in [3.05, 3.63) is 69.7 Å². The molecule has 0 unspecified atom stereocenters. The summed E-state index contributed by atoms with van der Waals surface area (Å²) in [6.07, 6.45) is 0.878. The van der Waals surface area contributed by atoms with Crippen LogP contribution in [-0.2, 0) is 9.59 Å². The van der Waals surface area contributed by atoms with Crippen LogP contribution in [0.4, 0.5) is 0 Å². The summed E-state index contributed by atoms with van der Waals surface area (Å²) < 4.78 is 0. The molecule has 4 rings (SSSR count). The number of benzene rings is 2. The van der Waals surface area contributed by atoms with Crippen molar-refractivity contribution in [2.24, 2.45) is 11.8 Å². The molecule has 0 radical (unpaired) electrons. The van der Waals surface area contributed by atoms with E-state index in [0.717, 1.165) is 10.0 Å². The van der Waals surface area contributed by atoms with Crippen LogP contribution in [0.2, 0.25) is 10.0 Å². The number of ketones is 1. The zero-order valence-corrected chi connectivity index (χ0v) is 24.2. The number of fused-ring (bicyclic) bond motifs is 1. The van der Waals surface area contributed by atoms with Crippen molar-refractivity contribution < 1.29 is 19.2 Å². The van der Waals surface area contributed by atoms with Gasteiger partial charge in [-0.3, -0.25) is 19.2 Å². The number of rotatable bonds is 7. The molecule has 5 atom stereocenters. The summed E-state index contributed by atoms with van der Waals surface area (Å²) in [5, 5.41) is 2.73. The van der Waals surface area contributed by atoms with E-state index >= 15 is 0 Å². The third kappa shape index (κ3) is 5.39. The first-order valence-electron chi connectivity index (χ1n) is 11.2. The molecule has 2 fully saturated rings. The Morgan fingerprint density at radius 3 is 1.75 bits per heavy atom. The maximum Gasteiger partial charge on any atom is 0.273 e. The molecule has 36 heavy (non-hydrogen) atoms. The summed E-state index contributed by atoms with van der Waals surface area (Å²) in [7, 11) is 0. The van der Waals surface area contributed by atoms with Crippen molar-refractivity contribution in [1.82, 2.24) is 10.0 Å². The van der Waals surface area contributed by atoms with E-state index in [1.54, 1.807) is 12.1 Å². The molecule has 1 aliphatic carbocycles. The fraction of sp³-hybridized carbons (Fsp3) is 0.360. The first-order valence-corrected chi connectivity index (χ1v) is 14.4. The van der Waals surface area contributed by atoms with E-state index in [1.807, 2.05) is 0 Å². The van der Waals surface area contributed by atoms with Crippen molar-refractivity contribution in [3.63, 3.8) is 0 Å². The topological polar surface area (TPSA) is 74.8 Å². The second-order valence-electron chi connectivity index (χ2n) is 8.73. The third-order valence-electron chi connectivity index (χ3n) is 6.51. The lowest BCUT2D eigenvalue weighted by molar-refractivity contribution is -0.156. The van der Waals surface area contributed by atoms with Gasteiger partial charge < -0.3 is 0 Å². The molecule has 0 spiro atoms. The Balaban J connectivity index is 1.80. The van der Waals surface area contributed by atoms with Gasteiger partial charge in [0.25, 0.3) is 17.7 Å². The number of Topliss-reactive ketones (excluding diaryl/α,β-unsaturated/α-hetero) is 1. The van der Waals surface area contributed by atoms with Crippen LogP contribution in [0.15, 0.2) is 48.5 Å². The predicted molar refractivity (Wildman–Crippen MR) is 146 cm³/mol. The Morgan fingerprint density at radius 2 is 1.31 bits per heavy atom. The SMILES string of the molecule is O=C(c1ccc(Cl)cc1)[C@H](CCCl)N(C(=O)c1ccc(Cl)cc1)N1C(=O)[C@@H]2C[C@@H](Br)[C@@H](Br)C[C@H]2C1=O. The van der Waals surface area contributed by atoms with Gasteiger partial charge in [0.05, 0.1) is 11.8 Å². The first-order chi connectivity index (χ1) is 17.1. The van der Waals surface area contributed by atoms with E-state index in [4.69, 9.17) is 34.8 Å². The van der Waals surface area contributed by atoms with Gasteiger partial charge in [0.1, 0.15) is 6.04 Å². The van der Waals surface area contributed by atoms with E-state index in [2.05, 4.69) is 31.9 Å². The van der Waals surface area contributed by atoms with Gasteiger partial charge in [-0.05, 0) is 67.8 Å². The summed E-state index contributed by atoms with van der Waals surface area (Å²) in [5.41, 5.74) is 0.455. The van der Waals surface area contributed by atoms with E-state index in [1.165, 1.54) is 36.4 Å². The fourth-order valence-corrected chi connectivity index (χ4v) is 6.36. The van der Waals surface area contributed by atoms with Gasteiger partial charge in [-0.25, -0.2) is 5.01 Å². The average molecular weight is 680 g/mol. The number of nitrogens with zero attached hydrogens (tertiary/aromatic N) is 2. The van der Waals surface area contributed by atoms with Crippen LogP contribution in [0.5, 0.6) is 0 Å². The monoisotopic (exact) mass is 676 g/mol. The molecule has 2 aromatic carbocycles. The fourth-order valence-electron chi connectivity index (χ4n) is 4.66. The van der Waals surface area contributed by atoms with Crippen LogP contribution in [0.1, 0.15) is 40.0 Å². The number of imide groups is 1. The molecule has 0 bridgehead atoms. The van der Waals surface area contributed by atoms with Crippen LogP contribution in [-0.4, -0.2) is 55.1 Å². The average Bonchev–Trinajstić information content (AvgIpc) is 3.08. The second-order valence-corrected chi connectivity index (χ2v) is 12.3. The lowest BCUT2D eigenvalue weighted by Gasteiger charge is -2.36. The molecular formula is C25H21Br2Cl3N2O4. The molecule has 3 amide bonds. The summed E-state index contributed by atoms with van der Waals surface area (Å²) in [5.74, 6) is -3.31. The number of carbonyl (C=O) groups excluding carboxylic acids is 4. The molecule has 1 saturated heterocycles. The van der Waals surface area contributed by atoms with Gasteiger partial charge in [0, 0.05) is 36.7 Å². The van der Waals surface area contributed by atoms with Gasteiger partial charge in [-0.1, -0.05) is 55.1 Å². The van der Waals surface area contributed by atoms with Crippen molar-refractivity contribution in [3.8, 4) is 0 Å². The summed E-state index contributed by atoms with van der Waals surface area (Å²) in [4.78, 5) is 54.8. The van der Waals surface area contributed by atoms with Crippen LogP contribution in [0, 0.1) is 11.8 Å². The van der Waals surface area contributed by atoms with Gasteiger partial charge >= 0.3 is 0 Å². The van der Waals surface area contributed by atoms with Crippen LogP contribution < -0.4 is 0 Å². The molecule has 11 heteroatoms. The molecular weight excluding hydrogens is 658 g/mol. The maximum absolute atomic E-state index is 13.9. The molecule has 6 nitrogen and oxygen atoms in total. The number of amides is 3. The number of hydrogen-bond donors (Lipinski definition) is 0. The molecule has 2 aliphatic rings. The number of alkyl halides is 3. The minimum absolute atomic E-state index is 0.00907. The standard InChI is InChI=1S/C25H21Br2Cl3N2O4/c26-19-11-17-18(12-20(19)27)25(36)32(24(17)35)31(23(34)14-3-7-16(30)8-4-14)21(9-10-28)22(33)13-1-5-15(29)6-2-13/h1-8,17-21H,9-12H2/t17-,18-,19-,20+,21+/m1/s1. The van der Waals surface area contributed by atoms with Crippen LogP contribution in [0.3, 0.4) is 0 Å². The Bertz CT molecular complexity index is 1150. The zero-order chi connectivity index (χ0) is 26.1. The Hall–Kier alpha value is -1.45. The van der Waals surface area contributed by atoms with Crippen LogP contribution in [0.25, 0.3) is 0 Å². The van der Waals surface area contributed by atoms with Gasteiger partial charge in [0.15, 0.2) is 5.78 Å². The number of halogens is 5. The predicted octanol–water partition coefficient (Wildman–Crippen LogP) is 6.15. The lowest BCUT2D eigenvalue weighted by atomic mass is 9.81. The van der Waals surface area contributed by atoms with E-state index in [9.17, 15) is 19.2 Å². The van der Waals surface area contributed by atoms with E-state index < -0.39 is 41.4 Å². The highest BCUT2D eigenvalue weighted by molar-refractivity contribution is 9.12. The van der Waals surface area contributed by atoms with E-state index in [0.29, 0.717) is 22.9 Å². The van der Waals surface area contributed by atoms with E-state index in [-0.39, 0.29) is 33.1 Å². The quantitative estimate of drug-likeness (QED) is 0.200. The lowest BCUT2D eigenvalue weighted by Crippen LogP contribution is -2.57. The largest absolute Gasteiger partial charge is 0.292 e. The first kappa shape index (κ1) is 27.6. The summed E-state index contributed by atoms with van der Waals surface area (Å²) in [6, 6.07) is 11.0. The molecule has 0 N–H and O–H groups in total. The molecule has 1 heterocycles. The second kappa shape index (κ2) is 11.5. The molecule has 190 valence electrons. The molecule has 2 aromatic rings. The van der Waals surface area contributed by atoms with Crippen molar-refractivity contribution >= 4 is 90.2 Å². The highest BCUT2D eigenvalue weighted by Gasteiger charge is 2.56.